The number of hydrogen-bond donors (Lipinski definition) is 1. The standard InChI is InChI=1S/C16H24FNO/c1-19-15-10-7-13(16(17)12-15)6-4-2-3-5-11-18-14-8-9-14/h7,10,12,14,18H,2-6,8-9,11H2,1H3. The van der Waals surface area contributed by atoms with Crippen molar-refractivity contribution < 1.29 is 9.13 Å². The van der Waals surface area contributed by atoms with Crippen LogP contribution in [0.5, 0.6) is 5.75 Å². The van der Waals surface area contributed by atoms with Gasteiger partial charge >= 0.3 is 0 Å². The highest BCUT2D eigenvalue weighted by Crippen LogP contribution is 2.19. The van der Waals surface area contributed by atoms with E-state index < -0.39 is 0 Å². The van der Waals surface area contributed by atoms with Crippen LogP contribution in [0.2, 0.25) is 0 Å². The summed E-state index contributed by atoms with van der Waals surface area (Å²) in [5, 5.41) is 3.51. The molecule has 0 spiro atoms. The fourth-order valence-electron chi connectivity index (χ4n) is 2.25. The molecule has 0 saturated heterocycles. The van der Waals surface area contributed by atoms with Gasteiger partial charge in [-0.2, -0.15) is 0 Å². The molecule has 0 bridgehead atoms. The molecule has 3 heteroatoms. The highest BCUT2D eigenvalue weighted by atomic mass is 19.1. The zero-order valence-corrected chi connectivity index (χ0v) is 11.8. The highest BCUT2D eigenvalue weighted by Gasteiger charge is 2.19. The van der Waals surface area contributed by atoms with Gasteiger partial charge in [-0.1, -0.05) is 18.9 Å². The first-order valence-electron chi connectivity index (χ1n) is 7.35. The van der Waals surface area contributed by atoms with Crippen molar-refractivity contribution in [3.05, 3.63) is 29.6 Å². The average molecular weight is 265 g/mol. The minimum absolute atomic E-state index is 0.144. The molecule has 0 radical (unpaired) electrons. The first-order chi connectivity index (χ1) is 9.29. The molecule has 2 nitrogen and oxygen atoms in total. The number of aryl methyl sites for hydroxylation is 1. The minimum atomic E-state index is -0.144. The average Bonchev–Trinajstić information content (AvgIpc) is 3.23. The molecule has 0 atom stereocenters. The molecule has 0 aromatic heterocycles. The summed E-state index contributed by atoms with van der Waals surface area (Å²) in [7, 11) is 1.56. The van der Waals surface area contributed by atoms with Gasteiger partial charge in [-0.15, -0.1) is 0 Å². The second kappa shape index (κ2) is 7.49. The summed E-state index contributed by atoms with van der Waals surface area (Å²) in [6.07, 6.45) is 8.25. The Hall–Kier alpha value is -1.09. The number of ether oxygens (including phenoxy) is 1. The molecule has 1 fully saturated rings. The topological polar surface area (TPSA) is 21.3 Å². The van der Waals surface area contributed by atoms with Gasteiger partial charge in [0, 0.05) is 12.1 Å². The van der Waals surface area contributed by atoms with Crippen molar-refractivity contribution in [2.24, 2.45) is 0 Å². The molecule has 1 saturated carbocycles. The zero-order chi connectivity index (χ0) is 13.5. The SMILES string of the molecule is COc1ccc(CCCCCCNC2CC2)c(F)c1. The summed E-state index contributed by atoms with van der Waals surface area (Å²) in [5.41, 5.74) is 0.803. The van der Waals surface area contributed by atoms with Gasteiger partial charge in [0.1, 0.15) is 11.6 Å². The Morgan fingerprint density at radius 1 is 1.21 bits per heavy atom. The van der Waals surface area contributed by atoms with E-state index in [0.29, 0.717) is 5.75 Å². The number of methoxy groups -OCH3 is 1. The molecule has 0 heterocycles. The smallest absolute Gasteiger partial charge is 0.130 e. The number of nitrogens with one attached hydrogen (secondary N) is 1. The van der Waals surface area contributed by atoms with Crippen LogP contribution in [-0.4, -0.2) is 19.7 Å². The minimum Gasteiger partial charge on any atom is -0.497 e. The lowest BCUT2D eigenvalue weighted by molar-refractivity contribution is 0.410. The molecular weight excluding hydrogens is 241 g/mol. The lowest BCUT2D eigenvalue weighted by atomic mass is 10.1. The summed E-state index contributed by atoms with van der Waals surface area (Å²) in [4.78, 5) is 0. The first-order valence-corrected chi connectivity index (χ1v) is 7.35. The van der Waals surface area contributed by atoms with E-state index in [9.17, 15) is 4.39 Å². The Labute approximate surface area is 115 Å². The van der Waals surface area contributed by atoms with Gasteiger partial charge in [0.05, 0.1) is 7.11 Å². The zero-order valence-electron chi connectivity index (χ0n) is 11.8. The summed E-state index contributed by atoms with van der Waals surface area (Å²) in [6, 6.07) is 5.95. The molecule has 1 aliphatic carbocycles. The lowest BCUT2D eigenvalue weighted by Gasteiger charge is -2.06. The van der Waals surface area contributed by atoms with Gasteiger partial charge in [-0.3, -0.25) is 0 Å². The van der Waals surface area contributed by atoms with E-state index in [1.165, 1.54) is 38.2 Å². The largest absolute Gasteiger partial charge is 0.497 e. The summed E-state index contributed by atoms with van der Waals surface area (Å²) < 4.78 is 18.7. The predicted octanol–water partition coefficient (Wildman–Crippen LogP) is 3.69. The number of unbranched alkanes of at least 4 members (excludes halogenated alkanes) is 3. The summed E-state index contributed by atoms with van der Waals surface area (Å²) in [5.74, 6) is 0.446. The second-order valence-electron chi connectivity index (χ2n) is 5.35. The van der Waals surface area contributed by atoms with Crippen LogP contribution in [0.15, 0.2) is 18.2 Å². The van der Waals surface area contributed by atoms with Gasteiger partial charge in [0.2, 0.25) is 0 Å². The van der Waals surface area contributed by atoms with Crippen LogP contribution >= 0.6 is 0 Å². The molecular formula is C16H24FNO. The van der Waals surface area contributed by atoms with Crippen molar-refractivity contribution in [2.45, 2.75) is 51.0 Å². The number of hydrogen-bond acceptors (Lipinski definition) is 2. The van der Waals surface area contributed by atoms with E-state index in [4.69, 9.17) is 4.74 Å². The van der Waals surface area contributed by atoms with E-state index in [1.54, 1.807) is 7.11 Å². The Balaban J connectivity index is 1.56. The van der Waals surface area contributed by atoms with Gasteiger partial charge in [-0.25, -0.2) is 4.39 Å². The number of halogens is 1. The number of rotatable bonds is 9. The van der Waals surface area contributed by atoms with Gasteiger partial charge < -0.3 is 10.1 Å². The van der Waals surface area contributed by atoms with Crippen molar-refractivity contribution >= 4 is 0 Å². The third kappa shape index (κ3) is 5.19. The van der Waals surface area contributed by atoms with Crippen LogP contribution in [0, 0.1) is 5.82 Å². The van der Waals surface area contributed by atoms with Crippen molar-refractivity contribution in [2.75, 3.05) is 13.7 Å². The van der Waals surface area contributed by atoms with Crippen molar-refractivity contribution in [3.63, 3.8) is 0 Å². The maximum Gasteiger partial charge on any atom is 0.130 e. The second-order valence-corrected chi connectivity index (χ2v) is 5.35. The molecule has 0 aliphatic heterocycles. The fraction of sp³-hybridized carbons (Fsp3) is 0.625. The normalized spacial score (nSPS) is 14.6. The Morgan fingerprint density at radius 2 is 2.00 bits per heavy atom. The van der Waals surface area contributed by atoms with Gasteiger partial charge in [0.15, 0.2) is 0 Å². The quantitative estimate of drug-likeness (QED) is 0.688. The van der Waals surface area contributed by atoms with Gasteiger partial charge in [-0.05, 0) is 50.3 Å². The van der Waals surface area contributed by atoms with Crippen LogP contribution in [0.4, 0.5) is 4.39 Å². The third-order valence-electron chi connectivity index (χ3n) is 3.64. The Kier molecular flexibility index (Phi) is 5.64. The lowest BCUT2D eigenvalue weighted by Crippen LogP contribution is -2.17. The molecule has 106 valence electrons. The van der Waals surface area contributed by atoms with Gasteiger partial charge in [0.25, 0.3) is 0 Å². The van der Waals surface area contributed by atoms with E-state index in [1.807, 2.05) is 12.1 Å². The number of benzene rings is 1. The summed E-state index contributed by atoms with van der Waals surface area (Å²) in [6.45, 7) is 1.14. The molecule has 2 rings (SSSR count). The first kappa shape index (κ1) is 14.3. The predicted molar refractivity (Wildman–Crippen MR) is 76.1 cm³/mol. The molecule has 1 aromatic rings. The van der Waals surface area contributed by atoms with E-state index in [0.717, 1.165) is 31.0 Å². The third-order valence-corrected chi connectivity index (χ3v) is 3.64. The van der Waals surface area contributed by atoms with Crippen molar-refractivity contribution in [1.29, 1.82) is 0 Å². The Bertz CT molecular complexity index is 390. The van der Waals surface area contributed by atoms with E-state index in [2.05, 4.69) is 5.32 Å². The molecule has 19 heavy (non-hydrogen) atoms. The molecule has 1 aliphatic rings. The van der Waals surface area contributed by atoms with Crippen LogP contribution in [0.3, 0.4) is 0 Å². The van der Waals surface area contributed by atoms with Crippen LogP contribution in [0.1, 0.15) is 44.1 Å². The monoisotopic (exact) mass is 265 g/mol. The van der Waals surface area contributed by atoms with Crippen molar-refractivity contribution in [1.82, 2.24) is 5.32 Å². The molecule has 1 N–H and O–H groups in total. The highest BCUT2D eigenvalue weighted by molar-refractivity contribution is 5.28. The van der Waals surface area contributed by atoms with Crippen LogP contribution < -0.4 is 10.1 Å². The summed E-state index contributed by atoms with van der Waals surface area (Å²) >= 11 is 0. The molecule has 0 amide bonds. The fourth-order valence-corrected chi connectivity index (χ4v) is 2.25. The maximum atomic E-state index is 13.7. The van der Waals surface area contributed by atoms with E-state index in [-0.39, 0.29) is 5.82 Å². The maximum absolute atomic E-state index is 13.7. The van der Waals surface area contributed by atoms with Crippen molar-refractivity contribution in [3.8, 4) is 5.75 Å². The van der Waals surface area contributed by atoms with E-state index >= 15 is 0 Å². The van der Waals surface area contributed by atoms with Crippen LogP contribution in [0.25, 0.3) is 0 Å². The molecule has 0 unspecified atom stereocenters. The van der Waals surface area contributed by atoms with Crippen LogP contribution in [-0.2, 0) is 6.42 Å². The molecule has 1 aromatic carbocycles. The Morgan fingerprint density at radius 3 is 2.68 bits per heavy atom.